The Morgan fingerprint density at radius 3 is 2.73 bits per heavy atom. The molecule has 0 spiro atoms. The molecule has 2 rings (SSSR count). The SMILES string of the molecule is CC.CCN1CCc2c(F)cccc2C1. The van der Waals surface area contributed by atoms with Gasteiger partial charge in [0.25, 0.3) is 0 Å². The Hall–Kier alpha value is -0.890. The molecule has 0 aromatic heterocycles. The summed E-state index contributed by atoms with van der Waals surface area (Å²) in [6, 6.07) is 5.38. The minimum absolute atomic E-state index is 0.0340. The van der Waals surface area contributed by atoms with Gasteiger partial charge in [0.2, 0.25) is 0 Å². The molecule has 1 nitrogen and oxygen atoms in total. The van der Waals surface area contributed by atoms with Gasteiger partial charge in [-0.25, -0.2) is 4.39 Å². The summed E-state index contributed by atoms with van der Waals surface area (Å²) in [4.78, 5) is 2.34. The summed E-state index contributed by atoms with van der Waals surface area (Å²) < 4.78 is 13.3. The van der Waals surface area contributed by atoms with Gasteiger partial charge in [-0.3, -0.25) is 4.90 Å². The summed E-state index contributed by atoms with van der Waals surface area (Å²) in [5.74, 6) is -0.0340. The summed E-state index contributed by atoms with van der Waals surface area (Å²) in [5, 5.41) is 0. The fourth-order valence-electron chi connectivity index (χ4n) is 1.89. The highest BCUT2D eigenvalue weighted by Gasteiger charge is 2.16. The highest BCUT2D eigenvalue weighted by atomic mass is 19.1. The molecule has 1 aliphatic heterocycles. The lowest BCUT2D eigenvalue weighted by molar-refractivity contribution is 0.265. The average Bonchev–Trinajstić information content (AvgIpc) is 2.31. The molecular formula is C13H20FN. The molecule has 0 fully saturated rings. The molecule has 1 heterocycles. The average molecular weight is 209 g/mol. The van der Waals surface area contributed by atoms with Crippen molar-refractivity contribution in [3.05, 3.63) is 35.1 Å². The molecule has 0 saturated carbocycles. The molecule has 0 radical (unpaired) electrons. The van der Waals surface area contributed by atoms with Crippen molar-refractivity contribution in [2.75, 3.05) is 13.1 Å². The monoisotopic (exact) mass is 209 g/mol. The maximum Gasteiger partial charge on any atom is 0.126 e. The highest BCUT2D eigenvalue weighted by molar-refractivity contribution is 5.30. The lowest BCUT2D eigenvalue weighted by atomic mass is 9.99. The topological polar surface area (TPSA) is 3.24 Å². The van der Waals surface area contributed by atoms with E-state index in [1.165, 1.54) is 0 Å². The normalized spacial score (nSPS) is 15.2. The lowest BCUT2D eigenvalue weighted by Gasteiger charge is -2.27. The van der Waals surface area contributed by atoms with Crippen molar-refractivity contribution >= 4 is 0 Å². The minimum Gasteiger partial charge on any atom is -0.299 e. The Labute approximate surface area is 91.9 Å². The van der Waals surface area contributed by atoms with Crippen LogP contribution in [0.15, 0.2) is 18.2 Å². The molecule has 1 aromatic carbocycles. The minimum atomic E-state index is -0.0340. The van der Waals surface area contributed by atoms with Crippen LogP contribution in [0.25, 0.3) is 0 Å². The van der Waals surface area contributed by atoms with Crippen LogP contribution in [0.4, 0.5) is 4.39 Å². The van der Waals surface area contributed by atoms with Gasteiger partial charge in [-0.05, 0) is 30.2 Å². The van der Waals surface area contributed by atoms with Crippen molar-refractivity contribution in [1.82, 2.24) is 4.90 Å². The van der Waals surface area contributed by atoms with Crippen LogP contribution in [0.5, 0.6) is 0 Å². The summed E-state index contributed by atoms with van der Waals surface area (Å²) in [6.45, 7) is 9.09. The van der Waals surface area contributed by atoms with Gasteiger partial charge in [0, 0.05) is 13.1 Å². The van der Waals surface area contributed by atoms with Gasteiger partial charge in [-0.2, -0.15) is 0 Å². The van der Waals surface area contributed by atoms with Crippen LogP contribution >= 0.6 is 0 Å². The van der Waals surface area contributed by atoms with Gasteiger partial charge in [-0.15, -0.1) is 0 Å². The van der Waals surface area contributed by atoms with E-state index in [0.29, 0.717) is 0 Å². The summed E-state index contributed by atoms with van der Waals surface area (Å²) in [6.07, 6.45) is 0.857. The fourth-order valence-corrected chi connectivity index (χ4v) is 1.89. The van der Waals surface area contributed by atoms with Crippen LogP contribution in [0.1, 0.15) is 31.9 Å². The van der Waals surface area contributed by atoms with Crippen molar-refractivity contribution in [1.29, 1.82) is 0 Å². The summed E-state index contributed by atoms with van der Waals surface area (Å²) >= 11 is 0. The van der Waals surface area contributed by atoms with Crippen LogP contribution in [0.3, 0.4) is 0 Å². The molecule has 0 amide bonds. The Bertz CT molecular complexity index is 309. The number of likely N-dealkylation sites (N-methyl/N-ethyl adjacent to an activating group) is 1. The Morgan fingerprint density at radius 1 is 1.33 bits per heavy atom. The summed E-state index contributed by atoms with van der Waals surface area (Å²) in [7, 11) is 0. The zero-order chi connectivity index (χ0) is 11.3. The van der Waals surface area contributed by atoms with Gasteiger partial charge in [-0.1, -0.05) is 32.9 Å². The smallest absolute Gasteiger partial charge is 0.126 e. The molecule has 0 N–H and O–H groups in total. The Morgan fingerprint density at radius 2 is 2.07 bits per heavy atom. The van der Waals surface area contributed by atoms with Crippen molar-refractivity contribution < 1.29 is 4.39 Å². The molecule has 0 saturated heterocycles. The van der Waals surface area contributed by atoms with E-state index < -0.39 is 0 Å². The second kappa shape index (κ2) is 5.86. The molecule has 15 heavy (non-hydrogen) atoms. The number of halogens is 1. The first kappa shape index (κ1) is 12.2. The number of benzene rings is 1. The molecule has 0 aliphatic carbocycles. The first-order valence-electron chi connectivity index (χ1n) is 5.80. The van der Waals surface area contributed by atoms with Crippen molar-refractivity contribution in [3.63, 3.8) is 0 Å². The number of hydrogen-bond donors (Lipinski definition) is 0. The molecule has 0 bridgehead atoms. The fraction of sp³-hybridized carbons (Fsp3) is 0.538. The van der Waals surface area contributed by atoms with E-state index in [1.54, 1.807) is 12.1 Å². The van der Waals surface area contributed by atoms with Gasteiger partial charge < -0.3 is 0 Å². The maximum absolute atomic E-state index is 13.3. The largest absolute Gasteiger partial charge is 0.299 e. The van der Waals surface area contributed by atoms with Crippen molar-refractivity contribution in [3.8, 4) is 0 Å². The van der Waals surface area contributed by atoms with Gasteiger partial charge in [0.15, 0.2) is 0 Å². The third-order valence-electron chi connectivity index (χ3n) is 2.74. The van der Waals surface area contributed by atoms with Gasteiger partial charge in [0.1, 0.15) is 5.82 Å². The molecule has 0 unspecified atom stereocenters. The number of fused-ring (bicyclic) bond motifs is 1. The first-order valence-corrected chi connectivity index (χ1v) is 5.80. The molecule has 1 aromatic rings. The molecule has 0 atom stereocenters. The van der Waals surface area contributed by atoms with Crippen molar-refractivity contribution in [2.24, 2.45) is 0 Å². The predicted octanol–water partition coefficient (Wildman–Crippen LogP) is 3.23. The quantitative estimate of drug-likeness (QED) is 0.686. The third-order valence-corrected chi connectivity index (χ3v) is 2.74. The van der Waals surface area contributed by atoms with Crippen molar-refractivity contribution in [2.45, 2.75) is 33.7 Å². The van der Waals surface area contributed by atoms with E-state index in [4.69, 9.17) is 0 Å². The van der Waals surface area contributed by atoms with E-state index in [1.807, 2.05) is 19.9 Å². The van der Waals surface area contributed by atoms with Crippen LogP contribution in [0.2, 0.25) is 0 Å². The number of hydrogen-bond acceptors (Lipinski definition) is 1. The highest BCUT2D eigenvalue weighted by Crippen LogP contribution is 2.20. The predicted molar refractivity (Wildman–Crippen MR) is 62.4 cm³/mol. The standard InChI is InChI=1S/C11H14FN.C2H6/c1-2-13-7-6-10-9(8-13)4-3-5-11(10)12;1-2/h3-5H,2,6-8H2,1H3;1-2H3. The Balaban J connectivity index is 0.000000531. The number of nitrogens with zero attached hydrogens (tertiary/aromatic N) is 1. The molecule has 84 valence electrons. The summed E-state index contributed by atoms with van der Waals surface area (Å²) in [5.41, 5.74) is 2.08. The van der Waals surface area contributed by atoms with E-state index in [-0.39, 0.29) is 5.82 Å². The maximum atomic E-state index is 13.3. The molecule has 2 heteroatoms. The van der Waals surface area contributed by atoms with Gasteiger partial charge in [0.05, 0.1) is 0 Å². The van der Waals surface area contributed by atoms with E-state index >= 15 is 0 Å². The third kappa shape index (κ3) is 2.78. The number of rotatable bonds is 1. The zero-order valence-electron chi connectivity index (χ0n) is 9.89. The van der Waals surface area contributed by atoms with E-state index in [9.17, 15) is 4.39 Å². The zero-order valence-corrected chi connectivity index (χ0v) is 9.89. The molecular weight excluding hydrogens is 189 g/mol. The van der Waals surface area contributed by atoms with Crippen LogP contribution in [-0.2, 0) is 13.0 Å². The van der Waals surface area contributed by atoms with Crippen LogP contribution in [0, 0.1) is 5.82 Å². The second-order valence-corrected chi connectivity index (χ2v) is 3.50. The van der Waals surface area contributed by atoms with Gasteiger partial charge >= 0.3 is 0 Å². The van der Waals surface area contributed by atoms with Crippen LogP contribution < -0.4 is 0 Å². The first-order chi connectivity index (χ1) is 7.31. The Kier molecular flexibility index (Phi) is 4.76. The van der Waals surface area contributed by atoms with Crippen LogP contribution in [-0.4, -0.2) is 18.0 Å². The van der Waals surface area contributed by atoms with E-state index in [2.05, 4.69) is 11.8 Å². The van der Waals surface area contributed by atoms with E-state index in [0.717, 1.165) is 37.2 Å². The second-order valence-electron chi connectivity index (χ2n) is 3.50. The molecule has 1 aliphatic rings. The lowest BCUT2D eigenvalue weighted by Crippen LogP contribution is -2.30.